The Morgan fingerprint density at radius 2 is 2.38 bits per heavy atom. The third kappa shape index (κ3) is 2.16. The minimum Gasteiger partial charge on any atom is -0.284 e. The van der Waals surface area contributed by atoms with Crippen molar-refractivity contribution < 1.29 is 8.42 Å². The first kappa shape index (κ1) is 11.3. The van der Waals surface area contributed by atoms with Gasteiger partial charge in [-0.2, -0.15) is 9.40 Å². The van der Waals surface area contributed by atoms with Crippen molar-refractivity contribution in [3.05, 3.63) is 34.8 Å². The SMILES string of the molecule is CN(Cc1cccs1)S(=O)(=O)c1cn[nH]c1. The van der Waals surface area contributed by atoms with Crippen LogP contribution in [0.15, 0.2) is 34.8 Å². The maximum atomic E-state index is 12.0. The molecule has 0 amide bonds. The second kappa shape index (κ2) is 4.36. The van der Waals surface area contributed by atoms with Crippen molar-refractivity contribution in [3.8, 4) is 0 Å². The third-order valence-corrected chi connectivity index (χ3v) is 4.77. The van der Waals surface area contributed by atoms with Crippen LogP contribution in [0.25, 0.3) is 0 Å². The lowest BCUT2D eigenvalue weighted by Crippen LogP contribution is -2.25. The number of aromatic nitrogens is 2. The summed E-state index contributed by atoms with van der Waals surface area (Å²) < 4.78 is 25.3. The van der Waals surface area contributed by atoms with Crippen molar-refractivity contribution in [1.82, 2.24) is 14.5 Å². The zero-order valence-corrected chi connectivity index (χ0v) is 10.3. The molecule has 0 saturated carbocycles. The number of H-pyrrole nitrogens is 1. The molecule has 0 aliphatic carbocycles. The van der Waals surface area contributed by atoms with E-state index >= 15 is 0 Å². The van der Waals surface area contributed by atoms with Gasteiger partial charge in [-0.1, -0.05) is 6.07 Å². The monoisotopic (exact) mass is 257 g/mol. The number of aromatic amines is 1. The van der Waals surface area contributed by atoms with Crippen molar-refractivity contribution in [1.29, 1.82) is 0 Å². The second-order valence-electron chi connectivity index (χ2n) is 3.27. The van der Waals surface area contributed by atoms with E-state index < -0.39 is 10.0 Å². The zero-order valence-electron chi connectivity index (χ0n) is 8.62. The Morgan fingerprint density at radius 3 is 2.94 bits per heavy atom. The Hall–Kier alpha value is -1.18. The lowest BCUT2D eigenvalue weighted by molar-refractivity contribution is 0.469. The van der Waals surface area contributed by atoms with Gasteiger partial charge in [0.15, 0.2) is 0 Å². The molecule has 86 valence electrons. The molecule has 0 atom stereocenters. The van der Waals surface area contributed by atoms with Gasteiger partial charge in [-0.25, -0.2) is 8.42 Å². The highest BCUT2D eigenvalue weighted by atomic mass is 32.2. The number of nitrogens with one attached hydrogen (secondary N) is 1. The normalized spacial score (nSPS) is 12.1. The van der Waals surface area contributed by atoms with E-state index in [1.54, 1.807) is 7.05 Å². The Balaban J connectivity index is 2.19. The molecule has 2 aromatic rings. The molecule has 0 bridgehead atoms. The first-order valence-corrected chi connectivity index (χ1v) is 6.90. The van der Waals surface area contributed by atoms with Gasteiger partial charge in [0.05, 0.1) is 6.20 Å². The number of hydrogen-bond donors (Lipinski definition) is 1. The molecule has 2 rings (SSSR count). The van der Waals surface area contributed by atoms with Crippen molar-refractivity contribution >= 4 is 21.4 Å². The quantitative estimate of drug-likeness (QED) is 0.897. The van der Waals surface area contributed by atoms with Crippen LogP contribution in [0.1, 0.15) is 4.88 Å². The molecule has 0 aromatic carbocycles. The molecular weight excluding hydrogens is 246 g/mol. The summed E-state index contributed by atoms with van der Waals surface area (Å²) in [5.74, 6) is 0. The largest absolute Gasteiger partial charge is 0.284 e. The minimum atomic E-state index is -3.43. The van der Waals surface area contributed by atoms with Crippen molar-refractivity contribution in [2.45, 2.75) is 11.4 Å². The topological polar surface area (TPSA) is 66.1 Å². The highest BCUT2D eigenvalue weighted by Crippen LogP contribution is 2.17. The summed E-state index contributed by atoms with van der Waals surface area (Å²) in [5.41, 5.74) is 0. The molecular formula is C9H11N3O2S2. The molecule has 0 fully saturated rings. The smallest absolute Gasteiger partial charge is 0.246 e. The maximum Gasteiger partial charge on any atom is 0.246 e. The van der Waals surface area contributed by atoms with E-state index in [9.17, 15) is 8.42 Å². The average molecular weight is 257 g/mol. The average Bonchev–Trinajstić information content (AvgIpc) is 2.89. The van der Waals surface area contributed by atoms with Gasteiger partial charge >= 0.3 is 0 Å². The van der Waals surface area contributed by atoms with Crippen LogP contribution < -0.4 is 0 Å². The van der Waals surface area contributed by atoms with Crippen molar-refractivity contribution in [2.24, 2.45) is 0 Å². The lowest BCUT2D eigenvalue weighted by Gasteiger charge is -2.14. The molecule has 0 radical (unpaired) electrons. The number of nitrogens with zero attached hydrogens (tertiary/aromatic N) is 2. The Kier molecular flexibility index (Phi) is 3.08. The van der Waals surface area contributed by atoms with Crippen LogP contribution in [0, 0.1) is 0 Å². The van der Waals surface area contributed by atoms with Gasteiger partial charge in [-0.15, -0.1) is 11.3 Å². The third-order valence-electron chi connectivity index (χ3n) is 2.14. The number of thiophene rings is 1. The van der Waals surface area contributed by atoms with Gasteiger partial charge in [-0.3, -0.25) is 5.10 Å². The van der Waals surface area contributed by atoms with Gasteiger partial charge in [0.25, 0.3) is 0 Å². The van der Waals surface area contributed by atoms with Crippen LogP contribution in [0.2, 0.25) is 0 Å². The van der Waals surface area contributed by atoms with Crippen LogP contribution in [0.5, 0.6) is 0 Å². The van der Waals surface area contributed by atoms with E-state index in [0.717, 1.165) is 4.88 Å². The molecule has 0 unspecified atom stereocenters. The Bertz CT molecular complexity index is 531. The van der Waals surface area contributed by atoms with Gasteiger partial charge in [-0.05, 0) is 11.4 Å². The fourth-order valence-corrected chi connectivity index (χ4v) is 3.16. The second-order valence-corrected chi connectivity index (χ2v) is 6.35. The summed E-state index contributed by atoms with van der Waals surface area (Å²) in [6.07, 6.45) is 2.68. The van der Waals surface area contributed by atoms with Crippen LogP contribution in [-0.4, -0.2) is 30.0 Å². The summed E-state index contributed by atoms with van der Waals surface area (Å²) in [4.78, 5) is 1.20. The summed E-state index contributed by atoms with van der Waals surface area (Å²) in [7, 11) is -1.87. The van der Waals surface area contributed by atoms with Crippen LogP contribution in [-0.2, 0) is 16.6 Å². The predicted molar refractivity (Wildman–Crippen MR) is 61.6 cm³/mol. The van der Waals surface area contributed by atoms with Gasteiger partial charge < -0.3 is 0 Å². The Labute approximate surface area is 97.8 Å². The summed E-state index contributed by atoms with van der Waals surface area (Å²) in [6.45, 7) is 0.380. The molecule has 0 spiro atoms. The van der Waals surface area contributed by atoms with Crippen LogP contribution >= 0.6 is 11.3 Å². The van der Waals surface area contributed by atoms with Gasteiger partial charge in [0, 0.05) is 24.7 Å². The first-order valence-electron chi connectivity index (χ1n) is 4.58. The zero-order chi connectivity index (χ0) is 11.6. The molecule has 0 saturated heterocycles. The molecule has 1 N–H and O–H groups in total. The number of rotatable bonds is 4. The number of hydrogen-bond acceptors (Lipinski definition) is 4. The van der Waals surface area contributed by atoms with Crippen molar-refractivity contribution in [3.63, 3.8) is 0 Å². The number of sulfonamides is 1. The van der Waals surface area contributed by atoms with Crippen molar-refractivity contribution in [2.75, 3.05) is 7.05 Å². The molecule has 0 aliphatic heterocycles. The molecule has 2 aromatic heterocycles. The summed E-state index contributed by atoms with van der Waals surface area (Å²) >= 11 is 1.54. The van der Waals surface area contributed by atoms with E-state index in [1.165, 1.54) is 28.0 Å². The highest BCUT2D eigenvalue weighted by molar-refractivity contribution is 7.89. The standard InChI is InChI=1S/C9H11N3O2S2/c1-12(7-8-3-2-4-15-8)16(13,14)9-5-10-11-6-9/h2-6H,7H2,1H3,(H,10,11). The van der Waals surface area contributed by atoms with E-state index in [1.807, 2.05) is 17.5 Å². The highest BCUT2D eigenvalue weighted by Gasteiger charge is 2.21. The fraction of sp³-hybridized carbons (Fsp3) is 0.222. The maximum absolute atomic E-state index is 12.0. The van der Waals surface area contributed by atoms with Gasteiger partial charge in [0.1, 0.15) is 4.90 Å². The lowest BCUT2D eigenvalue weighted by atomic mass is 10.5. The van der Waals surface area contributed by atoms with Crippen LogP contribution in [0.3, 0.4) is 0 Å². The van der Waals surface area contributed by atoms with E-state index in [-0.39, 0.29) is 4.90 Å². The molecule has 7 heteroatoms. The molecule has 16 heavy (non-hydrogen) atoms. The first-order chi connectivity index (χ1) is 7.60. The predicted octanol–water partition coefficient (Wildman–Crippen LogP) is 1.29. The van der Waals surface area contributed by atoms with Gasteiger partial charge in [0.2, 0.25) is 10.0 Å². The minimum absolute atomic E-state index is 0.187. The fourth-order valence-electron chi connectivity index (χ4n) is 1.27. The molecule has 5 nitrogen and oxygen atoms in total. The summed E-state index contributed by atoms with van der Waals surface area (Å²) in [6, 6.07) is 3.81. The molecule has 0 aliphatic rings. The van der Waals surface area contributed by atoms with E-state index in [0.29, 0.717) is 6.54 Å². The Morgan fingerprint density at radius 1 is 1.56 bits per heavy atom. The van der Waals surface area contributed by atoms with E-state index in [2.05, 4.69) is 10.2 Å². The van der Waals surface area contributed by atoms with E-state index in [4.69, 9.17) is 0 Å². The molecule has 2 heterocycles. The van der Waals surface area contributed by atoms with Crippen LogP contribution in [0.4, 0.5) is 0 Å². The summed E-state index contributed by atoms with van der Waals surface area (Å²) in [5, 5.41) is 8.06.